The van der Waals surface area contributed by atoms with Crippen molar-refractivity contribution in [2.75, 3.05) is 12.3 Å². The van der Waals surface area contributed by atoms with Crippen LogP contribution in [0.1, 0.15) is 104 Å². The van der Waals surface area contributed by atoms with Crippen LogP contribution in [0.3, 0.4) is 0 Å². The lowest BCUT2D eigenvalue weighted by Crippen LogP contribution is -2.40. The second kappa shape index (κ2) is 17.6. The van der Waals surface area contributed by atoms with E-state index in [9.17, 15) is 14.4 Å². The van der Waals surface area contributed by atoms with Crippen LogP contribution in [0.15, 0.2) is 11.1 Å². The van der Waals surface area contributed by atoms with Crippen molar-refractivity contribution in [3.8, 4) is 0 Å². The first kappa shape index (κ1) is 32.3. The number of unbranched alkanes of at least 4 members (excludes halogenated alkanes) is 8. The van der Waals surface area contributed by atoms with Crippen LogP contribution in [0, 0.1) is 5.92 Å². The summed E-state index contributed by atoms with van der Waals surface area (Å²) in [7, 11) is 0. The molecular weight excluding hydrogens is 500 g/mol. The highest BCUT2D eigenvalue weighted by Crippen LogP contribution is 2.15. The van der Waals surface area contributed by atoms with Gasteiger partial charge in [0.05, 0.1) is 12.9 Å². The molecule has 2 heterocycles. The van der Waals surface area contributed by atoms with Crippen molar-refractivity contribution in [2.45, 2.75) is 123 Å². The van der Waals surface area contributed by atoms with Gasteiger partial charge in [0, 0.05) is 25.8 Å². The fourth-order valence-electron chi connectivity index (χ4n) is 4.37. The number of anilines is 1. The highest BCUT2D eigenvalue weighted by atomic mass is 16.6. The maximum atomic E-state index is 12.7. The van der Waals surface area contributed by atoms with Gasteiger partial charge in [-0.2, -0.15) is 4.98 Å². The number of aromatic amines is 1. The quantitative estimate of drug-likeness (QED) is 0.162. The zero-order chi connectivity index (χ0) is 28.6. The minimum absolute atomic E-state index is 0.00404. The van der Waals surface area contributed by atoms with Crippen molar-refractivity contribution in [3.05, 3.63) is 16.7 Å². The number of hydrogen-bond acceptors (Lipinski definition) is 9. The average molecular weight is 549 g/mol. The molecule has 220 valence electrons. The Morgan fingerprint density at radius 3 is 2.38 bits per heavy atom. The number of rotatable bonds is 20. The van der Waals surface area contributed by atoms with E-state index in [0.29, 0.717) is 31.5 Å². The standard InChI is InChI=1S/C28H48N6O5/c1-4-6-7-8-9-10-11-12-13-14-22(35)38-18-16-21(39-27(37)23(29)20(3)5-2)15-17-34-19-31-24-25(34)32-28(30)33-26(24)36/h19-21,23H,4-18,29H2,1-3H3,(H3,30,32,33,36)/t20?,21?,23-/m0/s1. The Kier molecular flexibility index (Phi) is 14.6. The average Bonchev–Trinajstić information content (AvgIpc) is 3.32. The third kappa shape index (κ3) is 11.4. The molecular formula is C28H48N6O5. The van der Waals surface area contributed by atoms with Gasteiger partial charge in [-0.15, -0.1) is 0 Å². The number of carbonyl (C=O) groups is 2. The second-order valence-corrected chi connectivity index (χ2v) is 10.4. The summed E-state index contributed by atoms with van der Waals surface area (Å²) in [6.45, 7) is 6.60. The summed E-state index contributed by atoms with van der Waals surface area (Å²) in [5.41, 5.74) is 11.9. The van der Waals surface area contributed by atoms with Crippen LogP contribution in [0.4, 0.5) is 5.95 Å². The van der Waals surface area contributed by atoms with Crippen molar-refractivity contribution in [3.63, 3.8) is 0 Å². The van der Waals surface area contributed by atoms with E-state index in [1.54, 1.807) is 4.57 Å². The van der Waals surface area contributed by atoms with Crippen molar-refractivity contribution >= 4 is 29.1 Å². The molecule has 39 heavy (non-hydrogen) atoms. The predicted molar refractivity (Wildman–Crippen MR) is 152 cm³/mol. The lowest BCUT2D eigenvalue weighted by Gasteiger charge is -2.23. The third-order valence-electron chi connectivity index (χ3n) is 7.18. The molecule has 0 aliphatic rings. The number of nitrogens with zero attached hydrogens (tertiary/aromatic N) is 3. The number of ether oxygens (including phenoxy) is 2. The molecule has 0 fully saturated rings. The highest BCUT2D eigenvalue weighted by Gasteiger charge is 2.25. The molecule has 11 nitrogen and oxygen atoms in total. The number of H-pyrrole nitrogens is 1. The fourth-order valence-corrected chi connectivity index (χ4v) is 4.37. The van der Waals surface area contributed by atoms with Gasteiger partial charge in [0.25, 0.3) is 5.56 Å². The summed E-state index contributed by atoms with van der Waals surface area (Å²) < 4.78 is 12.9. The number of imidazole rings is 1. The van der Waals surface area contributed by atoms with Gasteiger partial charge in [-0.25, -0.2) is 4.98 Å². The first-order valence-electron chi connectivity index (χ1n) is 14.6. The van der Waals surface area contributed by atoms with Crippen LogP contribution in [0.5, 0.6) is 0 Å². The van der Waals surface area contributed by atoms with Crippen LogP contribution in [0.2, 0.25) is 0 Å². The summed E-state index contributed by atoms with van der Waals surface area (Å²) in [5.74, 6) is -0.747. The van der Waals surface area contributed by atoms with Gasteiger partial charge in [0.15, 0.2) is 11.2 Å². The van der Waals surface area contributed by atoms with Crippen molar-refractivity contribution < 1.29 is 19.1 Å². The minimum atomic E-state index is -0.735. The number of nitrogen functional groups attached to an aromatic ring is 1. The monoisotopic (exact) mass is 548 g/mol. The zero-order valence-electron chi connectivity index (χ0n) is 24.0. The molecule has 11 heteroatoms. The van der Waals surface area contributed by atoms with Gasteiger partial charge in [-0.3, -0.25) is 19.4 Å². The van der Waals surface area contributed by atoms with Crippen molar-refractivity contribution in [1.29, 1.82) is 0 Å². The molecule has 0 saturated carbocycles. The maximum Gasteiger partial charge on any atom is 0.323 e. The molecule has 0 aromatic carbocycles. The molecule has 0 amide bonds. The number of aromatic nitrogens is 4. The highest BCUT2D eigenvalue weighted by molar-refractivity contribution is 5.76. The van der Waals surface area contributed by atoms with Gasteiger partial charge in [-0.1, -0.05) is 78.6 Å². The Bertz CT molecular complexity index is 1070. The van der Waals surface area contributed by atoms with Crippen molar-refractivity contribution in [1.82, 2.24) is 19.5 Å². The van der Waals surface area contributed by atoms with Gasteiger partial charge in [0.1, 0.15) is 12.1 Å². The number of aryl methyl sites for hydroxylation is 1. The van der Waals surface area contributed by atoms with Crippen LogP contribution in [-0.4, -0.2) is 50.2 Å². The van der Waals surface area contributed by atoms with Crippen molar-refractivity contribution in [2.24, 2.45) is 11.7 Å². The SMILES string of the molecule is CCCCCCCCCCCC(=O)OCCC(CCn1cnc2c(=O)[nH]c(N)nc21)OC(=O)[C@@H](N)C(C)CC. The van der Waals surface area contributed by atoms with E-state index in [1.807, 2.05) is 13.8 Å². The normalized spacial score (nSPS) is 13.7. The number of nitrogens with two attached hydrogens (primary N) is 2. The topological polar surface area (TPSA) is 168 Å². The lowest BCUT2D eigenvalue weighted by atomic mass is 10.0. The fraction of sp³-hybridized carbons (Fsp3) is 0.750. The first-order valence-corrected chi connectivity index (χ1v) is 14.6. The molecule has 2 rings (SSSR count). The Hall–Kier alpha value is -2.95. The largest absolute Gasteiger partial charge is 0.466 e. The van der Waals surface area contributed by atoms with Gasteiger partial charge < -0.3 is 25.5 Å². The Balaban J connectivity index is 1.83. The number of nitrogens with one attached hydrogen (secondary N) is 1. The molecule has 3 atom stereocenters. The molecule has 0 bridgehead atoms. The van der Waals surface area contributed by atoms with E-state index in [0.717, 1.165) is 25.7 Å². The summed E-state index contributed by atoms with van der Waals surface area (Å²) in [5, 5.41) is 0. The first-order chi connectivity index (χ1) is 18.8. The van der Waals surface area contributed by atoms with Gasteiger partial charge in [-0.05, 0) is 12.3 Å². The van der Waals surface area contributed by atoms with Gasteiger partial charge in [0.2, 0.25) is 5.95 Å². The minimum Gasteiger partial charge on any atom is -0.466 e. The molecule has 2 unspecified atom stereocenters. The Morgan fingerprint density at radius 1 is 1.05 bits per heavy atom. The molecule has 0 aliphatic heterocycles. The summed E-state index contributed by atoms with van der Waals surface area (Å²) in [6.07, 6.45) is 13.5. The van der Waals surface area contributed by atoms with E-state index in [1.165, 1.54) is 44.9 Å². The van der Waals surface area contributed by atoms with Crippen LogP contribution >= 0.6 is 0 Å². The number of carbonyl (C=O) groups excluding carboxylic acids is 2. The third-order valence-corrected chi connectivity index (χ3v) is 7.18. The molecule has 5 N–H and O–H groups in total. The zero-order valence-corrected chi connectivity index (χ0v) is 24.0. The molecule has 0 saturated heterocycles. The smallest absolute Gasteiger partial charge is 0.323 e. The molecule has 0 spiro atoms. The van der Waals surface area contributed by atoms with E-state index in [-0.39, 0.29) is 30.0 Å². The van der Waals surface area contributed by atoms with E-state index < -0.39 is 23.7 Å². The molecule has 2 aromatic rings. The molecule has 2 aromatic heterocycles. The van der Waals surface area contributed by atoms with E-state index in [2.05, 4.69) is 21.9 Å². The van der Waals surface area contributed by atoms with Crippen LogP contribution in [0.25, 0.3) is 11.2 Å². The number of fused-ring (bicyclic) bond motifs is 1. The van der Waals surface area contributed by atoms with E-state index >= 15 is 0 Å². The summed E-state index contributed by atoms with van der Waals surface area (Å²) in [6, 6.07) is -0.735. The number of hydrogen-bond donors (Lipinski definition) is 3. The lowest BCUT2D eigenvalue weighted by molar-refractivity contribution is -0.154. The summed E-state index contributed by atoms with van der Waals surface area (Å²) >= 11 is 0. The Morgan fingerprint density at radius 2 is 1.72 bits per heavy atom. The van der Waals surface area contributed by atoms with Crippen LogP contribution < -0.4 is 17.0 Å². The molecule has 0 radical (unpaired) electrons. The number of esters is 2. The van der Waals surface area contributed by atoms with E-state index in [4.69, 9.17) is 20.9 Å². The Labute approximate surface area is 231 Å². The molecule has 0 aliphatic carbocycles. The summed E-state index contributed by atoms with van der Waals surface area (Å²) in [4.78, 5) is 47.7. The maximum absolute atomic E-state index is 12.7. The van der Waals surface area contributed by atoms with Crippen LogP contribution in [-0.2, 0) is 25.6 Å². The predicted octanol–water partition coefficient (Wildman–Crippen LogP) is 4.23. The van der Waals surface area contributed by atoms with Gasteiger partial charge >= 0.3 is 11.9 Å². The second-order valence-electron chi connectivity index (χ2n) is 10.4.